The van der Waals surface area contributed by atoms with E-state index in [1.54, 1.807) is 0 Å². The zero-order valence-electron chi connectivity index (χ0n) is 10.8. The SMILES string of the molecule is CCCOCCCSCCNC(C)(C)C. The number of nitrogens with one attached hydrogen (secondary N) is 1. The third-order valence-corrected chi connectivity index (χ3v) is 2.90. The van der Waals surface area contributed by atoms with Crippen LogP contribution in [0.4, 0.5) is 0 Å². The molecule has 0 amide bonds. The third kappa shape index (κ3) is 14.3. The van der Waals surface area contributed by atoms with Gasteiger partial charge in [0.25, 0.3) is 0 Å². The van der Waals surface area contributed by atoms with Gasteiger partial charge in [-0.15, -0.1) is 0 Å². The lowest BCUT2D eigenvalue weighted by molar-refractivity contribution is 0.136. The summed E-state index contributed by atoms with van der Waals surface area (Å²) in [5.74, 6) is 2.42. The first-order chi connectivity index (χ1) is 7.06. The normalized spacial score (nSPS) is 12.0. The van der Waals surface area contributed by atoms with Crippen molar-refractivity contribution in [3.63, 3.8) is 0 Å². The van der Waals surface area contributed by atoms with Crippen molar-refractivity contribution in [2.24, 2.45) is 0 Å². The van der Waals surface area contributed by atoms with Crippen molar-refractivity contribution in [1.29, 1.82) is 0 Å². The van der Waals surface area contributed by atoms with Crippen LogP contribution in [0.5, 0.6) is 0 Å². The second-order valence-corrected chi connectivity index (χ2v) is 5.98. The third-order valence-electron chi connectivity index (χ3n) is 1.83. The van der Waals surface area contributed by atoms with Crippen LogP contribution in [-0.4, -0.2) is 36.8 Å². The Morgan fingerprint density at radius 2 is 1.87 bits per heavy atom. The lowest BCUT2D eigenvalue weighted by Crippen LogP contribution is -2.37. The molecule has 0 heterocycles. The summed E-state index contributed by atoms with van der Waals surface area (Å²) in [5.41, 5.74) is 0.255. The lowest BCUT2D eigenvalue weighted by Gasteiger charge is -2.20. The Hall–Kier alpha value is 0.270. The van der Waals surface area contributed by atoms with Gasteiger partial charge in [-0.05, 0) is 39.4 Å². The van der Waals surface area contributed by atoms with Crippen LogP contribution in [0.15, 0.2) is 0 Å². The second-order valence-electron chi connectivity index (χ2n) is 4.76. The molecule has 0 aromatic carbocycles. The molecular formula is C12H27NOS. The first-order valence-corrected chi connectivity index (χ1v) is 7.12. The quantitative estimate of drug-likeness (QED) is 0.619. The van der Waals surface area contributed by atoms with E-state index in [-0.39, 0.29) is 5.54 Å². The molecule has 1 N–H and O–H groups in total. The highest BCUT2D eigenvalue weighted by molar-refractivity contribution is 7.99. The van der Waals surface area contributed by atoms with Crippen molar-refractivity contribution in [3.8, 4) is 0 Å². The molecule has 2 nitrogen and oxygen atoms in total. The van der Waals surface area contributed by atoms with Crippen LogP contribution >= 0.6 is 11.8 Å². The van der Waals surface area contributed by atoms with Gasteiger partial charge in [0.15, 0.2) is 0 Å². The average Bonchev–Trinajstić information content (AvgIpc) is 2.14. The number of rotatable bonds is 9. The Morgan fingerprint density at radius 3 is 2.47 bits per heavy atom. The molecule has 0 unspecified atom stereocenters. The molecule has 0 aromatic heterocycles. The van der Waals surface area contributed by atoms with Gasteiger partial charge in [-0.1, -0.05) is 6.92 Å². The van der Waals surface area contributed by atoms with Crippen LogP contribution in [0.3, 0.4) is 0 Å². The summed E-state index contributed by atoms with van der Waals surface area (Å²) >= 11 is 2.01. The molecule has 0 aliphatic carbocycles. The monoisotopic (exact) mass is 233 g/mol. The van der Waals surface area contributed by atoms with E-state index in [9.17, 15) is 0 Å². The summed E-state index contributed by atoms with van der Waals surface area (Å²) in [6.07, 6.45) is 2.31. The highest BCUT2D eigenvalue weighted by atomic mass is 32.2. The van der Waals surface area contributed by atoms with Gasteiger partial charge in [-0.3, -0.25) is 0 Å². The molecule has 0 saturated carbocycles. The van der Waals surface area contributed by atoms with Gasteiger partial charge in [0.2, 0.25) is 0 Å². The molecule has 0 spiro atoms. The Bertz CT molecular complexity index is 134. The molecule has 0 aliphatic heterocycles. The molecule has 0 saturated heterocycles. The Morgan fingerprint density at radius 1 is 1.13 bits per heavy atom. The van der Waals surface area contributed by atoms with E-state index in [0.29, 0.717) is 0 Å². The molecular weight excluding hydrogens is 206 g/mol. The molecule has 0 bridgehead atoms. The van der Waals surface area contributed by atoms with E-state index in [0.717, 1.165) is 26.2 Å². The molecule has 0 atom stereocenters. The fourth-order valence-electron chi connectivity index (χ4n) is 1.11. The number of ether oxygens (including phenoxy) is 1. The summed E-state index contributed by atoms with van der Waals surface area (Å²) < 4.78 is 5.41. The fraction of sp³-hybridized carbons (Fsp3) is 1.00. The van der Waals surface area contributed by atoms with Crippen molar-refractivity contribution in [2.45, 2.75) is 46.1 Å². The van der Waals surface area contributed by atoms with Crippen LogP contribution in [0.25, 0.3) is 0 Å². The van der Waals surface area contributed by atoms with Gasteiger partial charge in [-0.25, -0.2) is 0 Å². The maximum absolute atomic E-state index is 5.41. The summed E-state index contributed by atoms with van der Waals surface area (Å²) in [6, 6.07) is 0. The number of hydrogen-bond acceptors (Lipinski definition) is 3. The van der Waals surface area contributed by atoms with Crippen molar-refractivity contribution in [2.75, 3.05) is 31.3 Å². The van der Waals surface area contributed by atoms with E-state index in [2.05, 4.69) is 33.0 Å². The molecule has 0 aliphatic rings. The van der Waals surface area contributed by atoms with Crippen molar-refractivity contribution in [1.82, 2.24) is 5.32 Å². The zero-order valence-corrected chi connectivity index (χ0v) is 11.6. The van der Waals surface area contributed by atoms with Crippen molar-refractivity contribution in [3.05, 3.63) is 0 Å². The Kier molecular flexibility index (Phi) is 9.66. The Labute approximate surface area is 99.5 Å². The first-order valence-electron chi connectivity index (χ1n) is 5.97. The van der Waals surface area contributed by atoms with Crippen molar-refractivity contribution >= 4 is 11.8 Å². The van der Waals surface area contributed by atoms with Crippen molar-refractivity contribution < 1.29 is 4.74 Å². The molecule has 0 rings (SSSR count). The van der Waals surface area contributed by atoms with Gasteiger partial charge in [0, 0.05) is 31.1 Å². The molecule has 0 fully saturated rings. The number of hydrogen-bond donors (Lipinski definition) is 1. The van der Waals surface area contributed by atoms with Gasteiger partial charge in [0.1, 0.15) is 0 Å². The summed E-state index contributed by atoms with van der Waals surface area (Å²) in [7, 11) is 0. The maximum Gasteiger partial charge on any atom is 0.0473 e. The maximum atomic E-state index is 5.41. The topological polar surface area (TPSA) is 21.3 Å². The van der Waals surface area contributed by atoms with Crippen LogP contribution in [-0.2, 0) is 4.74 Å². The predicted molar refractivity (Wildman–Crippen MR) is 70.8 cm³/mol. The standard InChI is InChI=1S/C12H27NOS/c1-5-8-14-9-6-10-15-11-7-13-12(2,3)4/h13H,5-11H2,1-4H3. The molecule has 3 heteroatoms. The highest BCUT2D eigenvalue weighted by Gasteiger charge is 2.06. The van der Waals surface area contributed by atoms with E-state index in [1.807, 2.05) is 11.8 Å². The highest BCUT2D eigenvalue weighted by Crippen LogP contribution is 2.03. The van der Waals surface area contributed by atoms with E-state index in [4.69, 9.17) is 4.74 Å². The molecule has 0 radical (unpaired) electrons. The predicted octanol–water partition coefficient (Wildman–Crippen LogP) is 2.92. The van der Waals surface area contributed by atoms with Crippen LogP contribution < -0.4 is 5.32 Å². The zero-order chi connectivity index (χ0) is 11.6. The van der Waals surface area contributed by atoms with E-state index >= 15 is 0 Å². The molecule has 0 aromatic rings. The summed E-state index contributed by atoms with van der Waals surface area (Å²) in [5, 5.41) is 3.48. The molecule has 15 heavy (non-hydrogen) atoms. The largest absolute Gasteiger partial charge is 0.381 e. The average molecular weight is 233 g/mol. The van der Waals surface area contributed by atoms with Gasteiger partial charge in [-0.2, -0.15) is 11.8 Å². The summed E-state index contributed by atoms with van der Waals surface area (Å²) in [4.78, 5) is 0. The van der Waals surface area contributed by atoms with Crippen LogP contribution in [0, 0.1) is 0 Å². The minimum Gasteiger partial charge on any atom is -0.381 e. The second kappa shape index (κ2) is 9.49. The van der Waals surface area contributed by atoms with Crippen LogP contribution in [0.2, 0.25) is 0 Å². The van der Waals surface area contributed by atoms with E-state index < -0.39 is 0 Å². The first kappa shape index (κ1) is 15.3. The van der Waals surface area contributed by atoms with E-state index in [1.165, 1.54) is 17.9 Å². The van der Waals surface area contributed by atoms with Gasteiger partial charge in [0.05, 0.1) is 0 Å². The number of thioether (sulfide) groups is 1. The summed E-state index contributed by atoms with van der Waals surface area (Å²) in [6.45, 7) is 11.7. The van der Waals surface area contributed by atoms with Crippen LogP contribution in [0.1, 0.15) is 40.5 Å². The minimum atomic E-state index is 0.255. The lowest BCUT2D eigenvalue weighted by atomic mass is 10.1. The fourth-order valence-corrected chi connectivity index (χ4v) is 1.88. The van der Waals surface area contributed by atoms with Gasteiger partial charge < -0.3 is 10.1 Å². The molecule has 92 valence electrons. The minimum absolute atomic E-state index is 0.255. The van der Waals surface area contributed by atoms with Gasteiger partial charge >= 0.3 is 0 Å². The Balaban J connectivity index is 2.99. The smallest absolute Gasteiger partial charge is 0.0473 e.